The number of halogens is 1. The van der Waals surface area contributed by atoms with E-state index in [4.69, 9.17) is 23.9 Å². The molecule has 1 aromatic carbocycles. The van der Waals surface area contributed by atoms with Gasteiger partial charge < -0.3 is 29.6 Å². The monoisotopic (exact) mass is 564 g/mol. The first-order valence-electron chi connectivity index (χ1n) is 11.3. The summed E-state index contributed by atoms with van der Waals surface area (Å²) in [6, 6.07) is 6.27. The number of rotatable bonds is 13. The molecule has 0 saturated carbocycles. The molecule has 0 radical (unpaired) electrons. The molecule has 1 aromatic rings. The van der Waals surface area contributed by atoms with Crippen LogP contribution in [0.1, 0.15) is 37.8 Å². The predicted molar refractivity (Wildman–Crippen MR) is 140 cm³/mol. The number of methoxy groups -OCH3 is 3. The van der Waals surface area contributed by atoms with Gasteiger partial charge in [0.1, 0.15) is 0 Å². The van der Waals surface area contributed by atoms with Crippen LogP contribution in [0.5, 0.6) is 11.5 Å². The van der Waals surface area contributed by atoms with Crippen molar-refractivity contribution in [1.82, 2.24) is 15.5 Å². The Hall–Kier alpha value is -1.30. The van der Waals surface area contributed by atoms with E-state index in [9.17, 15) is 0 Å². The summed E-state index contributed by atoms with van der Waals surface area (Å²) in [4.78, 5) is 7.35. The Morgan fingerprint density at radius 3 is 2.47 bits per heavy atom. The van der Waals surface area contributed by atoms with E-state index >= 15 is 0 Å². The molecule has 0 bridgehead atoms. The van der Waals surface area contributed by atoms with Crippen LogP contribution in [-0.4, -0.2) is 84.7 Å². The number of nitrogens with zero attached hydrogens (tertiary/aromatic N) is 2. The molecule has 8 nitrogen and oxygen atoms in total. The molecule has 0 aliphatic carbocycles. The van der Waals surface area contributed by atoms with Gasteiger partial charge in [-0.25, -0.2) is 0 Å². The fourth-order valence-electron chi connectivity index (χ4n) is 3.66. The Balaban J connectivity index is 0.00000512. The van der Waals surface area contributed by atoms with E-state index in [0.29, 0.717) is 6.54 Å². The Kier molecular flexibility index (Phi) is 15.5. The minimum Gasteiger partial charge on any atom is -0.493 e. The van der Waals surface area contributed by atoms with Crippen molar-refractivity contribution in [3.8, 4) is 11.5 Å². The van der Waals surface area contributed by atoms with Crippen molar-refractivity contribution in [1.29, 1.82) is 0 Å². The lowest BCUT2D eigenvalue weighted by atomic mass is 10.0. The van der Waals surface area contributed by atoms with E-state index in [1.165, 1.54) is 5.56 Å². The topological polar surface area (TPSA) is 76.6 Å². The van der Waals surface area contributed by atoms with Crippen LogP contribution in [0.2, 0.25) is 0 Å². The SMILES string of the molecule is CCNC(=NCC(c1ccc(OC)c(OC)c1)N1CCOCC1)NCCCCCOC.I. The third-order valence-electron chi connectivity index (χ3n) is 5.36. The quantitative estimate of drug-likeness (QED) is 0.165. The van der Waals surface area contributed by atoms with E-state index in [1.54, 1.807) is 21.3 Å². The summed E-state index contributed by atoms with van der Waals surface area (Å²) in [6.07, 6.45) is 3.32. The van der Waals surface area contributed by atoms with Crippen molar-refractivity contribution in [3.63, 3.8) is 0 Å². The van der Waals surface area contributed by atoms with Crippen molar-refractivity contribution in [2.24, 2.45) is 4.99 Å². The molecule has 1 saturated heterocycles. The van der Waals surface area contributed by atoms with E-state index < -0.39 is 0 Å². The van der Waals surface area contributed by atoms with E-state index in [2.05, 4.69) is 34.6 Å². The largest absolute Gasteiger partial charge is 0.493 e. The van der Waals surface area contributed by atoms with Gasteiger partial charge in [0.15, 0.2) is 17.5 Å². The summed E-state index contributed by atoms with van der Waals surface area (Å²) in [5.74, 6) is 2.33. The third kappa shape index (κ3) is 9.68. The molecule has 1 heterocycles. The van der Waals surface area contributed by atoms with Gasteiger partial charge in [0.05, 0.1) is 40.0 Å². The number of ether oxygens (including phenoxy) is 4. The number of aliphatic imine (C=N–C) groups is 1. The molecule has 0 spiro atoms. The minimum atomic E-state index is 0. The summed E-state index contributed by atoms with van der Waals surface area (Å²) in [7, 11) is 5.08. The first-order valence-corrected chi connectivity index (χ1v) is 11.3. The molecule has 2 rings (SSSR count). The van der Waals surface area contributed by atoms with E-state index in [1.807, 2.05) is 6.07 Å². The molecule has 1 aliphatic rings. The molecule has 32 heavy (non-hydrogen) atoms. The normalized spacial score (nSPS) is 15.6. The number of hydrogen-bond acceptors (Lipinski definition) is 6. The summed E-state index contributed by atoms with van der Waals surface area (Å²) >= 11 is 0. The number of unbranched alkanes of at least 4 members (excludes halogenated alkanes) is 2. The van der Waals surface area contributed by atoms with Crippen LogP contribution >= 0.6 is 24.0 Å². The second-order valence-corrected chi connectivity index (χ2v) is 7.48. The Morgan fingerprint density at radius 1 is 1.06 bits per heavy atom. The zero-order valence-electron chi connectivity index (χ0n) is 20.0. The van der Waals surface area contributed by atoms with Crippen molar-refractivity contribution >= 4 is 29.9 Å². The number of morpholine rings is 1. The molecular weight excluding hydrogens is 523 g/mol. The third-order valence-corrected chi connectivity index (χ3v) is 5.36. The maximum Gasteiger partial charge on any atom is 0.191 e. The fraction of sp³-hybridized carbons (Fsp3) is 0.696. The molecule has 1 fully saturated rings. The number of benzene rings is 1. The first-order chi connectivity index (χ1) is 15.2. The molecule has 184 valence electrons. The van der Waals surface area contributed by atoms with Gasteiger partial charge >= 0.3 is 0 Å². The molecule has 0 amide bonds. The molecule has 1 unspecified atom stereocenters. The average molecular weight is 565 g/mol. The number of guanidine groups is 1. The van der Waals surface area contributed by atoms with Gasteiger partial charge in [0.25, 0.3) is 0 Å². The fourth-order valence-corrected chi connectivity index (χ4v) is 3.66. The van der Waals surface area contributed by atoms with Crippen LogP contribution in [0, 0.1) is 0 Å². The highest BCUT2D eigenvalue weighted by Crippen LogP contribution is 2.32. The first kappa shape index (κ1) is 28.7. The lowest BCUT2D eigenvalue weighted by Gasteiger charge is -2.34. The molecular formula is C23H41IN4O4. The van der Waals surface area contributed by atoms with Gasteiger partial charge in [-0.05, 0) is 43.9 Å². The van der Waals surface area contributed by atoms with Crippen LogP contribution in [0.4, 0.5) is 0 Å². The Morgan fingerprint density at radius 2 is 1.81 bits per heavy atom. The van der Waals surface area contributed by atoms with Crippen molar-refractivity contribution in [2.75, 3.05) is 73.9 Å². The highest BCUT2D eigenvalue weighted by Gasteiger charge is 2.24. The molecule has 1 atom stereocenters. The lowest BCUT2D eigenvalue weighted by molar-refractivity contribution is 0.0179. The second-order valence-electron chi connectivity index (χ2n) is 7.48. The van der Waals surface area contributed by atoms with Crippen molar-refractivity contribution < 1.29 is 18.9 Å². The van der Waals surface area contributed by atoms with Crippen LogP contribution in [0.15, 0.2) is 23.2 Å². The van der Waals surface area contributed by atoms with Crippen LogP contribution in [0.3, 0.4) is 0 Å². The van der Waals surface area contributed by atoms with Crippen LogP contribution in [0.25, 0.3) is 0 Å². The highest BCUT2D eigenvalue weighted by atomic mass is 127. The lowest BCUT2D eigenvalue weighted by Crippen LogP contribution is -2.42. The van der Waals surface area contributed by atoms with Crippen LogP contribution < -0.4 is 20.1 Å². The highest BCUT2D eigenvalue weighted by molar-refractivity contribution is 14.0. The molecule has 1 aliphatic heterocycles. The minimum absolute atomic E-state index is 0. The predicted octanol–water partition coefficient (Wildman–Crippen LogP) is 3.07. The average Bonchev–Trinajstić information content (AvgIpc) is 2.81. The zero-order valence-corrected chi connectivity index (χ0v) is 22.4. The molecule has 0 aromatic heterocycles. The maximum atomic E-state index is 5.57. The summed E-state index contributed by atoms with van der Waals surface area (Å²) < 4.78 is 21.6. The van der Waals surface area contributed by atoms with E-state index in [0.717, 1.165) is 82.7 Å². The zero-order chi connectivity index (χ0) is 22.3. The number of hydrogen-bond donors (Lipinski definition) is 2. The standard InChI is InChI=1S/C23H40N4O4.HI/c1-5-24-23(25-11-7-6-8-14-28-2)26-18-20(27-12-15-31-16-13-27)19-9-10-21(29-3)22(17-19)30-4;/h9-10,17,20H,5-8,11-16,18H2,1-4H3,(H2,24,25,26);1H. The summed E-state index contributed by atoms with van der Waals surface area (Å²) in [6.45, 7) is 8.54. The van der Waals surface area contributed by atoms with Crippen molar-refractivity contribution in [2.45, 2.75) is 32.2 Å². The van der Waals surface area contributed by atoms with Gasteiger partial charge in [-0.3, -0.25) is 9.89 Å². The van der Waals surface area contributed by atoms with E-state index in [-0.39, 0.29) is 30.0 Å². The number of nitrogens with one attached hydrogen (secondary N) is 2. The molecule has 9 heteroatoms. The van der Waals surface area contributed by atoms with Gasteiger partial charge in [0.2, 0.25) is 0 Å². The Labute approximate surface area is 210 Å². The summed E-state index contributed by atoms with van der Waals surface area (Å²) in [5.41, 5.74) is 1.17. The van der Waals surface area contributed by atoms with Gasteiger partial charge in [-0.15, -0.1) is 24.0 Å². The van der Waals surface area contributed by atoms with Gasteiger partial charge in [-0.1, -0.05) is 6.07 Å². The summed E-state index contributed by atoms with van der Waals surface area (Å²) in [5, 5.41) is 6.82. The van der Waals surface area contributed by atoms with Crippen molar-refractivity contribution in [3.05, 3.63) is 23.8 Å². The van der Waals surface area contributed by atoms with Gasteiger partial charge in [-0.2, -0.15) is 0 Å². The Bertz CT molecular complexity index is 657. The maximum absolute atomic E-state index is 5.57. The van der Waals surface area contributed by atoms with Crippen LogP contribution in [-0.2, 0) is 9.47 Å². The van der Waals surface area contributed by atoms with Gasteiger partial charge in [0, 0.05) is 39.9 Å². The second kappa shape index (κ2) is 17.2. The molecule has 2 N–H and O–H groups in total. The smallest absolute Gasteiger partial charge is 0.191 e.